The largest absolute Gasteiger partial charge is 0.486 e. The molecule has 2 amide bonds. The number of ether oxygens (including phenoxy) is 1. The summed E-state index contributed by atoms with van der Waals surface area (Å²) in [6.45, 7) is 4.43. The maximum atomic E-state index is 13.5. The van der Waals surface area contributed by atoms with Gasteiger partial charge in [-0.05, 0) is 72.6 Å². The fourth-order valence-electron chi connectivity index (χ4n) is 4.30. The van der Waals surface area contributed by atoms with Crippen LogP contribution in [0.2, 0.25) is 0 Å². The lowest BCUT2D eigenvalue weighted by atomic mass is 9.99. The quantitative estimate of drug-likeness (QED) is 0.223. The summed E-state index contributed by atoms with van der Waals surface area (Å²) in [4.78, 5) is 29.6. The minimum atomic E-state index is -2.75. The first-order valence-electron chi connectivity index (χ1n) is 12.4. The standard InChI is InChI=1S/C28H27F2N3O4S/c1-3-14(2)15-6-8-17(9-7-15)36-13-18-10-11-21(37-18)27(35)33-23-22-19(16-4-5-16)12-20(25(29)30)32-28(22)38-24(23)26(31)34/h6-12,14,16,25H,3-5,13H2,1-2H3,(H2,31,34)(H,33,35). The summed E-state index contributed by atoms with van der Waals surface area (Å²) >= 11 is 0.891. The number of aromatic nitrogens is 1. The molecule has 5 rings (SSSR count). The summed E-state index contributed by atoms with van der Waals surface area (Å²) in [6.07, 6.45) is -0.0394. The van der Waals surface area contributed by atoms with Crippen LogP contribution in [0.15, 0.2) is 46.9 Å². The maximum Gasteiger partial charge on any atom is 0.291 e. The highest BCUT2D eigenvalue weighted by Crippen LogP contribution is 2.48. The van der Waals surface area contributed by atoms with Crippen molar-refractivity contribution in [1.29, 1.82) is 0 Å². The Labute approximate surface area is 222 Å². The number of rotatable bonds is 10. The van der Waals surface area contributed by atoms with Gasteiger partial charge < -0.3 is 20.2 Å². The number of nitrogens with two attached hydrogens (primary N) is 1. The molecule has 3 N–H and O–H groups in total. The number of fused-ring (bicyclic) bond motifs is 1. The van der Waals surface area contributed by atoms with Crippen molar-refractivity contribution in [1.82, 2.24) is 4.98 Å². The number of primary amides is 1. The average Bonchev–Trinajstić information content (AvgIpc) is 3.53. The number of hydrogen-bond acceptors (Lipinski definition) is 6. The van der Waals surface area contributed by atoms with Crippen LogP contribution in [0.4, 0.5) is 14.5 Å². The van der Waals surface area contributed by atoms with Gasteiger partial charge in [-0.15, -0.1) is 11.3 Å². The first-order chi connectivity index (χ1) is 18.2. The molecule has 38 heavy (non-hydrogen) atoms. The van der Waals surface area contributed by atoms with Gasteiger partial charge in [0.2, 0.25) is 0 Å². The third-order valence-corrected chi connectivity index (χ3v) is 7.84. The van der Waals surface area contributed by atoms with Crippen molar-refractivity contribution < 1.29 is 27.5 Å². The Morgan fingerprint density at radius 1 is 1.21 bits per heavy atom. The molecular formula is C28H27F2N3O4S. The summed E-state index contributed by atoms with van der Waals surface area (Å²) in [5.74, 6) is 0.277. The number of amides is 2. The van der Waals surface area contributed by atoms with E-state index < -0.39 is 18.2 Å². The Balaban J connectivity index is 1.35. The van der Waals surface area contributed by atoms with Crippen molar-refractivity contribution in [3.63, 3.8) is 0 Å². The monoisotopic (exact) mass is 539 g/mol. The number of carbonyl (C=O) groups is 2. The molecule has 10 heteroatoms. The van der Waals surface area contributed by atoms with E-state index in [9.17, 15) is 18.4 Å². The second kappa shape index (κ2) is 10.5. The van der Waals surface area contributed by atoms with E-state index in [-0.39, 0.29) is 39.4 Å². The molecule has 0 saturated heterocycles. The molecular weight excluding hydrogens is 512 g/mol. The van der Waals surface area contributed by atoms with Gasteiger partial charge in [0.25, 0.3) is 18.2 Å². The number of anilines is 1. The molecule has 1 saturated carbocycles. The number of pyridine rings is 1. The second-order valence-electron chi connectivity index (χ2n) is 9.45. The van der Waals surface area contributed by atoms with Crippen molar-refractivity contribution in [2.45, 2.75) is 58.0 Å². The minimum absolute atomic E-state index is 0.00983. The fraction of sp³-hybridized carbons (Fsp3) is 0.321. The highest BCUT2D eigenvalue weighted by molar-refractivity contribution is 7.21. The lowest BCUT2D eigenvalue weighted by molar-refractivity contribution is 0.0992. The fourth-order valence-corrected chi connectivity index (χ4v) is 5.33. The van der Waals surface area contributed by atoms with E-state index in [1.807, 2.05) is 24.3 Å². The number of halogens is 2. The molecule has 1 aromatic carbocycles. The molecule has 4 aromatic rings. The number of furan rings is 1. The topological polar surface area (TPSA) is 107 Å². The van der Waals surface area contributed by atoms with Gasteiger partial charge in [0.15, 0.2) is 5.76 Å². The van der Waals surface area contributed by atoms with E-state index in [2.05, 4.69) is 24.1 Å². The minimum Gasteiger partial charge on any atom is -0.486 e. The number of carbonyl (C=O) groups excluding carboxylic acids is 2. The number of nitrogens with zero attached hydrogens (tertiary/aromatic N) is 1. The smallest absolute Gasteiger partial charge is 0.291 e. The highest BCUT2D eigenvalue weighted by Gasteiger charge is 2.32. The predicted molar refractivity (Wildman–Crippen MR) is 141 cm³/mol. The van der Waals surface area contributed by atoms with E-state index in [1.165, 1.54) is 17.7 Å². The molecule has 0 aliphatic heterocycles. The van der Waals surface area contributed by atoms with E-state index in [0.29, 0.717) is 28.4 Å². The molecule has 1 aliphatic rings. The molecule has 3 heterocycles. The van der Waals surface area contributed by atoms with Crippen LogP contribution in [0.25, 0.3) is 10.2 Å². The zero-order chi connectivity index (χ0) is 27.0. The molecule has 1 fully saturated rings. The maximum absolute atomic E-state index is 13.5. The van der Waals surface area contributed by atoms with E-state index >= 15 is 0 Å². The highest BCUT2D eigenvalue weighted by atomic mass is 32.1. The number of thiophene rings is 1. The molecule has 7 nitrogen and oxygen atoms in total. The van der Waals surface area contributed by atoms with Crippen molar-refractivity contribution in [2.75, 3.05) is 5.32 Å². The van der Waals surface area contributed by atoms with Crippen LogP contribution in [0.1, 0.15) is 94.2 Å². The molecule has 1 atom stereocenters. The van der Waals surface area contributed by atoms with Crippen LogP contribution >= 0.6 is 11.3 Å². The lowest BCUT2D eigenvalue weighted by Crippen LogP contribution is -2.16. The number of benzene rings is 1. The van der Waals surface area contributed by atoms with Crippen molar-refractivity contribution in [2.24, 2.45) is 5.73 Å². The van der Waals surface area contributed by atoms with Gasteiger partial charge in [0.05, 0.1) is 5.69 Å². The third kappa shape index (κ3) is 5.26. The zero-order valence-electron chi connectivity index (χ0n) is 20.9. The Morgan fingerprint density at radius 2 is 1.95 bits per heavy atom. The van der Waals surface area contributed by atoms with Gasteiger partial charge >= 0.3 is 0 Å². The molecule has 1 unspecified atom stereocenters. The van der Waals surface area contributed by atoms with Crippen molar-refractivity contribution >= 4 is 39.1 Å². The van der Waals surface area contributed by atoms with Gasteiger partial charge in [-0.1, -0.05) is 26.0 Å². The van der Waals surface area contributed by atoms with Gasteiger partial charge in [0.1, 0.15) is 33.5 Å². The molecule has 1 aliphatic carbocycles. The molecule has 3 aromatic heterocycles. The zero-order valence-corrected chi connectivity index (χ0v) is 21.7. The Bertz CT molecular complexity index is 1490. The van der Waals surface area contributed by atoms with Crippen LogP contribution in [-0.2, 0) is 6.61 Å². The Kier molecular flexibility index (Phi) is 7.16. The molecule has 0 bridgehead atoms. The van der Waals surface area contributed by atoms with Gasteiger partial charge in [0, 0.05) is 5.39 Å². The molecule has 0 radical (unpaired) electrons. The number of nitrogens with one attached hydrogen (secondary N) is 1. The van der Waals surface area contributed by atoms with Crippen LogP contribution in [-0.4, -0.2) is 16.8 Å². The average molecular weight is 540 g/mol. The Hall–Kier alpha value is -3.79. The summed E-state index contributed by atoms with van der Waals surface area (Å²) in [7, 11) is 0. The van der Waals surface area contributed by atoms with E-state index in [0.717, 1.165) is 30.6 Å². The molecule has 0 spiro atoms. The van der Waals surface area contributed by atoms with Gasteiger partial charge in [-0.2, -0.15) is 0 Å². The lowest BCUT2D eigenvalue weighted by Gasteiger charge is -2.10. The van der Waals surface area contributed by atoms with E-state index in [4.69, 9.17) is 14.9 Å². The third-order valence-electron chi connectivity index (χ3n) is 6.74. The van der Waals surface area contributed by atoms with Crippen molar-refractivity contribution in [3.05, 3.63) is 75.7 Å². The van der Waals surface area contributed by atoms with Crippen LogP contribution in [0, 0.1) is 0 Å². The first-order valence-corrected chi connectivity index (χ1v) is 13.2. The van der Waals surface area contributed by atoms with Crippen LogP contribution in [0.5, 0.6) is 5.75 Å². The normalized spacial score (nSPS) is 14.1. The Morgan fingerprint density at radius 3 is 2.58 bits per heavy atom. The summed E-state index contributed by atoms with van der Waals surface area (Å²) in [5, 5.41) is 3.19. The van der Waals surface area contributed by atoms with E-state index in [1.54, 1.807) is 6.07 Å². The van der Waals surface area contributed by atoms with Gasteiger partial charge in [-0.25, -0.2) is 13.8 Å². The van der Waals surface area contributed by atoms with Crippen molar-refractivity contribution in [3.8, 4) is 5.75 Å². The van der Waals surface area contributed by atoms with Gasteiger partial charge in [-0.3, -0.25) is 9.59 Å². The SMILES string of the molecule is CCC(C)c1ccc(OCc2ccc(C(=O)Nc3c(C(N)=O)sc4nc(C(F)F)cc(C5CC5)c34)o2)cc1. The van der Waals surface area contributed by atoms with Crippen LogP contribution in [0.3, 0.4) is 0 Å². The van der Waals surface area contributed by atoms with Crippen LogP contribution < -0.4 is 15.8 Å². The summed E-state index contributed by atoms with van der Waals surface area (Å²) < 4.78 is 38.4. The summed E-state index contributed by atoms with van der Waals surface area (Å²) in [6, 6.07) is 12.4. The summed E-state index contributed by atoms with van der Waals surface area (Å²) in [5.41, 5.74) is 7.25. The molecule has 198 valence electrons. The predicted octanol–water partition coefficient (Wildman–Crippen LogP) is 7.15. The first kappa shape index (κ1) is 25.8. The number of hydrogen-bond donors (Lipinski definition) is 2. The number of alkyl halides is 2. The second-order valence-corrected chi connectivity index (χ2v) is 10.4.